The summed E-state index contributed by atoms with van der Waals surface area (Å²) in [4.78, 5) is 8.74. The van der Waals surface area contributed by atoms with Crippen molar-refractivity contribution in [1.29, 1.82) is 0 Å². The van der Waals surface area contributed by atoms with E-state index in [-0.39, 0.29) is 0 Å². The predicted octanol–water partition coefficient (Wildman–Crippen LogP) is 3.36. The van der Waals surface area contributed by atoms with Crippen LogP contribution in [0, 0.1) is 0 Å². The molecule has 2 rings (SSSR count). The van der Waals surface area contributed by atoms with Gasteiger partial charge in [0.05, 0.1) is 11.7 Å². The maximum Gasteiger partial charge on any atom is 0.111 e. The van der Waals surface area contributed by atoms with Crippen molar-refractivity contribution in [1.82, 2.24) is 14.5 Å². The van der Waals surface area contributed by atoms with Crippen LogP contribution < -0.4 is 0 Å². The molecule has 2 aromatic rings. The number of unbranched alkanes of at least 4 members (excludes halogenated alkanes) is 1. The minimum atomic E-state index is 0.613. The molecule has 0 spiro atoms. The molecule has 0 radical (unpaired) electrons. The number of imidazole rings is 1. The van der Waals surface area contributed by atoms with Gasteiger partial charge >= 0.3 is 0 Å². The largest absolute Gasteiger partial charge is 0.328 e. The maximum atomic E-state index is 5.85. The van der Waals surface area contributed by atoms with Crippen LogP contribution in [-0.2, 0) is 13.0 Å². The van der Waals surface area contributed by atoms with Crippen LogP contribution in [0.15, 0.2) is 18.5 Å². The zero-order valence-electron chi connectivity index (χ0n) is 10.6. The zero-order chi connectivity index (χ0) is 12.8. The lowest BCUT2D eigenvalue weighted by atomic mass is 10.3. The standard InChI is InChI=1S/C13H18ClN3S/c1-18-9-3-2-8-17-12-5-7-15-10-11(12)16-13(17)4-6-14/h5,7,10H,2-4,6,8-9H2,1H3. The van der Waals surface area contributed by atoms with E-state index in [0.717, 1.165) is 24.3 Å². The van der Waals surface area contributed by atoms with E-state index in [2.05, 4.69) is 20.8 Å². The van der Waals surface area contributed by atoms with Crippen LogP contribution in [0.25, 0.3) is 11.0 Å². The quantitative estimate of drug-likeness (QED) is 0.577. The number of aryl methyl sites for hydroxylation is 2. The fraction of sp³-hybridized carbons (Fsp3) is 0.538. The number of halogens is 1. The smallest absolute Gasteiger partial charge is 0.111 e. The Bertz CT molecular complexity index is 498. The van der Waals surface area contributed by atoms with E-state index in [1.807, 2.05) is 30.2 Å². The van der Waals surface area contributed by atoms with Gasteiger partial charge in [-0.25, -0.2) is 4.98 Å². The van der Waals surface area contributed by atoms with Crippen LogP contribution in [0.4, 0.5) is 0 Å². The van der Waals surface area contributed by atoms with E-state index in [1.165, 1.54) is 24.1 Å². The molecule has 2 heterocycles. The first kappa shape index (κ1) is 13.7. The minimum Gasteiger partial charge on any atom is -0.328 e. The van der Waals surface area contributed by atoms with E-state index in [0.29, 0.717) is 5.88 Å². The number of pyridine rings is 1. The van der Waals surface area contributed by atoms with Gasteiger partial charge in [0, 0.05) is 25.0 Å². The summed E-state index contributed by atoms with van der Waals surface area (Å²) in [5.41, 5.74) is 2.15. The number of hydrogen-bond donors (Lipinski definition) is 0. The lowest BCUT2D eigenvalue weighted by molar-refractivity contribution is 0.623. The minimum absolute atomic E-state index is 0.613. The molecule has 5 heteroatoms. The monoisotopic (exact) mass is 283 g/mol. The molecule has 0 aliphatic carbocycles. The predicted molar refractivity (Wildman–Crippen MR) is 79.6 cm³/mol. The highest BCUT2D eigenvalue weighted by molar-refractivity contribution is 7.98. The van der Waals surface area contributed by atoms with Crippen molar-refractivity contribution in [2.75, 3.05) is 17.9 Å². The molecule has 0 aromatic carbocycles. The Morgan fingerprint density at radius 3 is 3.06 bits per heavy atom. The second-order valence-electron chi connectivity index (χ2n) is 4.18. The van der Waals surface area contributed by atoms with Crippen LogP contribution >= 0.6 is 23.4 Å². The lowest BCUT2D eigenvalue weighted by Crippen LogP contribution is -2.05. The van der Waals surface area contributed by atoms with Gasteiger partial charge in [0.2, 0.25) is 0 Å². The summed E-state index contributed by atoms with van der Waals surface area (Å²) in [5.74, 6) is 2.91. The number of thioether (sulfide) groups is 1. The first-order valence-electron chi connectivity index (χ1n) is 6.21. The van der Waals surface area contributed by atoms with Crippen molar-refractivity contribution in [3.05, 3.63) is 24.3 Å². The highest BCUT2D eigenvalue weighted by Gasteiger charge is 2.09. The van der Waals surface area contributed by atoms with Gasteiger partial charge < -0.3 is 4.57 Å². The molecule has 0 amide bonds. The second-order valence-corrected chi connectivity index (χ2v) is 5.55. The number of rotatable bonds is 7. The van der Waals surface area contributed by atoms with Gasteiger partial charge in [-0.3, -0.25) is 4.98 Å². The molecule has 2 aromatic heterocycles. The lowest BCUT2D eigenvalue weighted by Gasteiger charge is -2.07. The van der Waals surface area contributed by atoms with E-state index < -0.39 is 0 Å². The molecule has 0 atom stereocenters. The zero-order valence-corrected chi connectivity index (χ0v) is 12.2. The summed E-state index contributed by atoms with van der Waals surface area (Å²) >= 11 is 7.75. The summed E-state index contributed by atoms with van der Waals surface area (Å²) < 4.78 is 2.29. The molecule has 0 aliphatic heterocycles. The molecule has 0 fully saturated rings. The van der Waals surface area contributed by atoms with Gasteiger partial charge in [0.1, 0.15) is 11.3 Å². The first-order chi connectivity index (χ1) is 8.86. The summed E-state index contributed by atoms with van der Waals surface area (Å²) in [5, 5.41) is 0. The highest BCUT2D eigenvalue weighted by Crippen LogP contribution is 2.17. The van der Waals surface area contributed by atoms with Crippen LogP contribution in [0.3, 0.4) is 0 Å². The topological polar surface area (TPSA) is 30.7 Å². The molecular weight excluding hydrogens is 266 g/mol. The van der Waals surface area contributed by atoms with Crippen LogP contribution in [0.5, 0.6) is 0 Å². The molecule has 0 saturated heterocycles. The van der Waals surface area contributed by atoms with Crippen molar-refractivity contribution in [3.8, 4) is 0 Å². The average molecular weight is 284 g/mol. The van der Waals surface area contributed by atoms with Crippen LogP contribution in [0.2, 0.25) is 0 Å². The molecule has 0 N–H and O–H groups in total. The summed E-state index contributed by atoms with van der Waals surface area (Å²) in [6.07, 6.45) is 9.05. The molecule has 98 valence electrons. The molecule has 0 saturated carbocycles. The van der Waals surface area contributed by atoms with Crippen molar-refractivity contribution < 1.29 is 0 Å². The van der Waals surface area contributed by atoms with Gasteiger partial charge in [-0.1, -0.05) is 0 Å². The van der Waals surface area contributed by atoms with Crippen molar-refractivity contribution >= 4 is 34.4 Å². The average Bonchev–Trinajstić information content (AvgIpc) is 2.73. The molecule has 0 bridgehead atoms. The Labute approximate surface area is 117 Å². The molecular formula is C13H18ClN3S. The highest BCUT2D eigenvalue weighted by atomic mass is 35.5. The summed E-state index contributed by atoms with van der Waals surface area (Å²) in [6, 6.07) is 2.04. The van der Waals surface area contributed by atoms with E-state index in [4.69, 9.17) is 11.6 Å². The van der Waals surface area contributed by atoms with E-state index in [9.17, 15) is 0 Å². The number of alkyl halides is 1. The third-order valence-corrected chi connectivity index (χ3v) is 3.81. The Hall–Kier alpha value is -0.740. The number of hydrogen-bond acceptors (Lipinski definition) is 3. The van der Waals surface area contributed by atoms with E-state index >= 15 is 0 Å². The van der Waals surface area contributed by atoms with Crippen LogP contribution in [-0.4, -0.2) is 32.4 Å². The van der Waals surface area contributed by atoms with E-state index in [1.54, 1.807) is 0 Å². The van der Waals surface area contributed by atoms with Crippen molar-refractivity contribution in [3.63, 3.8) is 0 Å². The Kier molecular flexibility index (Phi) is 5.32. The number of fused-ring (bicyclic) bond motifs is 1. The van der Waals surface area contributed by atoms with Gasteiger partial charge in [0.15, 0.2) is 0 Å². The second kappa shape index (κ2) is 7.00. The third kappa shape index (κ3) is 3.18. The summed E-state index contributed by atoms with van der Waals surface area (Å²) in [7, 11) is 0. The van der Waals surface area contributed by atoms with Gasteiger partial charge in [0.25, 0.3) is 0 Å². The number of aromatic nitrogens is 3. The van der Waals surface area contributed by atoms with Crippen molar-refractivity contribution in [2.24, 2.45) is 0 Å². The Morgan fingerprint density at radius 1 is 1.39 bits per heavy atom. The van der Waals surface area contributed by atoms with Crippen molar-refractivity contribution in [2.45, 2.75) is 25.8 Å². The van der Waals surface area contributed by atoms with Gasteiger partial charge in [-0.05, 0) is 30.9 Å². The van der Waals surface area contributed by atoms with Gasteiger partial charge in [-0.2, -0.15) is 11.8 Å². The third-order valence-electron chi connectivity index (χ3n) is 2.93. The Balaban J connectivity index is 2.19. The molecule has 18 heavy (non-hydrogen) atoms. The van der Waals surface area contributed by atoms with Gasteiger partial charge in [-0.15, -0.1) is 11.6 Å². The SMILES string of the molecule is CSCCCCn1c(CCCl)nc2cnccc21. The molecule has 0 unspecified atom stereocenters. The molecule has 0 aliphatic rings. The van der Waals surface area contributed by atoms with Crippen LogP contribution in [0.1, 0.15) is 18.7 Å². The number of nitrogens with zero attached hydrogens (tertiary/aromatic N) is 3. The Morgan fingerprint density at radius 2 is 2.28 bits per heavy atom. The normalized spacial score (nSPS) is 11.2. The summed E-state index contributed by atoms with van der Waals surface area (Å²) in [6.45, 7) is 1.02. The fourth-order valence-corrected chi connectivity index (χ4v) is 2.73. The first-order valence-corrected chi connectivity index (χ1v) is 8.13. The maximum absolute atomic E-state index is 5.85. The molecule has 3 nitrogen and oxygen atoms in total. The fourth-order valence-electron chi connectivity index (χ4n) is 2.07.